The Hall–Kier alpha value is -1.35. The molecule has 0 aliphatic carbocycles. The molecule has 0 N–H and O–H groups in total. The average Bonchev–Trinajstić information content (AvgIpc) is 2.27. The standard InChI is InChI=1S/C11H11F3N2S/c1-16(6-7-17-11(12,13)14)10-4-2-9(8-15)3-5-10/h2-5H,6-7H2,1H3. The topological polar surface area (TPSA) is 27.0 Å². The summed E-state index contributed by atoms with van der Waals surface area (Å²) in [6, 6.07) is 8.71. The first-order chi connectivity index (χ1) is 7.92. The summed E-state index contributed by atoms with van der Waals surface area (Å²) in [5.41, 5.74) is -2.84. The Morgan fingerprint density at radius 1 is 1.29 bits per heavy atom. The SMILES string of the molecule is CN(CCSC(F)(F)F)c1ccc(C#N)cc1. The average molecular weight is 260 g/mol. The van der Waals surface area contributed by atoms with E-state index in [-0.39, 0.29) is 17.5 Å². The smallest absolute Gasteiger partial charge is 0.374 e. The lowest BCUT2D eigenvalue weighted by Gasteiger charge is -2.19. The molecule has 0 aliphatic rings. The number of nitrogens with zero attached hydrogens (tertiary/aromatic N) is 2. The second-order valence-corrected chi connectivity index (χ2v) is 4.53. The van der Waals surface area contributed by atoms with E-state index in [4.69, 9.17) is 5.26 Å². The zero-order chi connectivity index (χ0) is 12.9. The predicted molar refractivity (Wildman–Crippen MR) is 62.9 cm³/mol. The maximum Gasteiger partial charge on any atom is 0.441 e. The normalized spacial score (nSPS) is 11.0. The minimum Gasteiger partial charge on any atom is -0.374 e. The second-order valence-electron chi connectivity index (χ2n) is 3.37. The maximum absolute atomic E-state index is 11.9. The highest BCUT2D eigenvalue weighted by molar-refractivity contribution is 8.00. The van der Waals surface area contributed by atoms with Gasteiger partial charge in [0, 0.05) is 25.0 Å². The van der Waals surface area contributed by atoms with Gasteiger partial charge < -0.3 is 4.90 Å². The number of nitriles is 1. The highest BCUT2D eigenvalue weighted by Gasteiger charge is 2.27. The van der Waals surface area contributed by atoms with Crippen molar-refractivity contribution in [1.82, 2.24) is 0 Å². The molecule has 6 heteroatoms. The van der Waals surface area contributed by atoms with E-state index in [9.17, 15) is 13.2 Å². The van der Waals surface area contributed by atoms with E-state index in [1.54, 1.807) is 36.2 Å². The fraction of sp³-hybridized carbons (Fsp3) is 0.364. The number of rotatable bonds is 4. The Kier molecular flexibility index (Phi) is 4.70. The van der Waals surface area contributed by atoms with E-state index < -0.39 is 5.51 Å². The van der Waals surface area contributed by atoms with Crippen molar-refractivity contribution < 1.29 is 13.2 Å². The van der Waals surface area contributed by atoms with E-state index in [2.05, 4.69) is 0 Å². The summed E-state index contributed by atoms with van der Waals surface area (Å²) in [6.45, 7) is 0.302. The summed E-state index contributed by atoms with van der Waals surface area (Å²) in [7, 11) is 1.72. The van der Waals surface area contributed by atoms with Crippen LogP contribution in [0.4, 0.5) is 18.9 Å². The van der Waals surface area contributed by atoms with Gasteiger partial charge in [-0.05, 0) is 36.0 Å². The molecule has 0 spiro atoms. The van der Waals surface area contributed by atoms with Crippen molar-refractivity contribution in [2.45, 2.75) is 5.51 Å². The van der Waals surface area contributed by atoms with Crippen LogP contribution in [0.5, 0.6) is 0 Å². The Morgan fingerprint density at radius 3 is 2.35 bits per heavy atom. The Labute approximate surface area is 102 Å². The monoisotopic (exact) mass is 260 g/mol. The molecular formula is C11H11F3N2S. The molecule has 0 aliphatic heterocycles. The zero-order valence-corrected chi connectivity index (χ0v) is 9.98. The fourth-order valence-electron chi connectivity index (χ4n) is 1.22. The minimum atomic E-state index is -4.18. The fourth-order valence-corrected chi connectivity index (χ4v) is 1.81. The number of thioether (sulfide) groups is 1. The van der Waals surface area contributed by atoms with E-state index >= 15 is 0 Å². The first-order valence-corrected chi connectivity index (χ1v) is 5.83. The number of alkyl halides is 3. The van der Waals surface area contributed by atoms with Crippen molar-refractivity contribution in [1.29, 1.82) is 5.26 Å². The van der Waals surface area contributed by atoms with Crippen LogP contribution in [0.3, 0.4) is 0 Å². The number of benzene rings is 1. The second kappa shape index (κ2) is 5.82. The van der Waals surface area contributed by atoms with Gasteiger partial charge in [-0.1, -0.05) is 0 Å². The maximum atomic E-state index is 11.9. The van der Waals surface area contributed by atoms with Crippen LogP contribution in [0, 0.1) is 11.3 Å². The molecule has 0 aromatic heterocycles. The molecule has 17 heavy (non-hydrogen) atoms. The molecule has 0 radical (unpaired) electrons. The molecule has 0 amide bonds. The first-order valence-electron chi connectivity index (χ1n) is 4.84. The summed E-state index contributed by atoms with van der Waals surface area (Å²) in [5.74, 6) is -0.0139. The van der Waals surface area contributed by atoms with Crippen LogP contribution >= 0.6 is 11.8 Å². The van der Waals surface area contributed by atoms with E-state index in [1.807, 2.05) is 6.07 Å². The molecular weight excluding hydrogens is 249 g/mol. The molecule has 2 nitrogen and oxygen atoms in total. The minimum absolute atomic E-state index is 0.0139. The van der Waals surface area contributed by atoms with Crippen LogP contribution in [-0.2, 0) is 0 Å². The molecule has 0 fully saturated rings. The number of anilines is 1. The van der Waals surface area contributed by atoms with Crippen LogP contribution in [0.2, 0.25) is 0 Å². The lowest BCUT2D eigenvalue weighted by molar-refractivity contribution is -0.0327. The highest BCUT2D eigenvalue weighted by atomic mass is 32.2. The molecule has 0 heterocycles. The number of hydrogen-bond acceptors (Lipinski definition) is 3. The lowest BCUT2D eigenvalue weighted by Crippen LogP contribution is -2.21. The third kappa shape index (κ3) is 5.00. The van der Waals surface area contributed by atoms with E-state index in [1.165, 1.54) is 0 Å². The van der Waals surface area contributed by atoms with Gasteiger partial charge in [0.05, 0.1) is 11.6 Å². The molecule has 0 atom stereocenters. The third-order valence-corrected chi connectivity index (χ3v) is 2.84. The van der Waals surface area contributed by atoms with Gasteiger partial charge in [-0.2, -0.15) is 18.4 Å². The van der Waals surface area contributed by atoms with Crippen LogP contribution in [-0.4, -0.2) is 24.9 Å². The van der Waals surface area contributed by atoms with E-state index in [0.717, 1.165) is 5.69 Å². The molecule has 1 aromatic rings. The predicted octanol–water partition coefficient (Wildman–Crippen LogP) is 3.25. The molecule has 1 aromatic carbocycles. The van der Waals surface area contributed by atoms with E-state index in [0.29, 0.717) is 12.1 Å². The molecule has 0 saturated heterocycles. The molecule has 0 saturated carbocycles. The van der Waals surface area contributed by atoms with Crippen molar-refractivity contribution >= 4 is 17.4 Å². The van der Waals surface area contributed by atoms with Crippen molar-refractivity contribution in [3.63, 3.8) is 0 Å². The van der Waals surface area contributed by atoms with Crippen molar-refractivity contribution in [3.8, 4) is 6.07 Å². The number of halogens is 3. The van der Waals surface area contributed by atoms with Crippen molar-refractivity contribution in [2.24, 2.45) is 0 Å². The first kappa shape index (κ1) is 13.7. The Morgan fingerprint density at radius 2 is 1.88 bits per heavy atom. The van der Waals surface area contributed by atoms with Gasteiger partial charge >= 0.3 is 5.51 Å². The Bertz CT molecular complexity index is 395. The van der Waals surface area contributed by atoms with Gasteiger partial charge in [0.1, 0.15) is 0 Å². The van der Waals surface area contributed by atoms with Gasteiger partial charge in [-0.15, -0.1) is 0 Å². The van der Waals surface area contributed by atoms with Crippen molar-refractivity contribution in [3.05, 3.63) is 29.8 Å². The highest BCUT2D eigenvalue weighted by Crippen LogP contribution is 2.30. The number of hydrogen-bond donors (Lipinski definition) is 0. The largest absolute Gasteiger partial charge is 0.441 e. The van der Waals surface area contributed by atoms with Gasteiger partial charge in [-0.25, -0.2) is 0 Å². The van der Waals surface area contributed by atoms with Crippen LogP contribution in [0.15, 0.2) is 24.3 Å². The summed E-state index contributed by atoms with van der Waals surface area (Å²) in [6.07, 6.45) is 0. The van der Waals surface area contributed by atoms with Crippen LogP contribution in [0.25, 0.3) is 0 Å². The third-order valence-electron chi connectivity index (χ3n) is 2.13. The summed E-state index contributed by atoms with van der Waals surface area (Å²) in [4.78, 5) is 1.72. The zero-order valence-electron chi connectivity index (χ0n) is 9.16. The summed E-state index contributed by atoms with van der Waals surface area (Å²) < 4.78 is 35.7. The van der Waals surface area contributed by atoms with Gasteiger partial charge in [0.15, 0.2) is 0 Å². The van der Waals surface area contributed by atoms with Crippen molar-refractivity contribution in [2.75, 3.05) is 24.2 Å². The van der Waals surface area contributed by atoms with Gasteiger partial charge in [0.25, 0.3) is 0 Å². The van der Waals surface area contributed by atoms with Crippen LogP contribution in [0.1, 0.15) is 5.56 Å². The quantitative estimate of drug-likeness (QED) is 0.831. The Balaban J connectivity index is 2.47. The van der Waals surface area contributed by atoms with Gasteiger partial charge in [0.2, 0.25) is 0 Å². The molecule has 92 valence electrons. The molecule has 1 rings (SSSR count). The van der Waals surface area contributed by atoms with Gasteiger partial charge in [-0.3, -0.25) is 0 Å². The molecule has 0 bridgehead atoms. The van der Waals surface area contributed by atoms with Crippen LogP contribution < -0.4 is 4.90 Å². The lowest BCUT2D eigenvalue weighted by atomic mass is 10.2. The molecule has 0 unspecified atom stereocenters. The summed E-state index contributed by atoms with van der Waals surface area (Å²) in [5, 5.41) is 8.61. The summed E-state index contributed by atoms with van der Waals surface area (Å²) >= 11 is -0.0298.